The number of sulfone groups is 1. The van der Waals surface area contributed by atoms with Crippen LogP contribution in [0.2, 0.25) is 0 Å². The Morgan fingerprint density at radius 3 is 2.33 bits per heavy atom. The Morgan fingerprint density at radius 1 is 1.12 bits per heavy atom. The molecule has 0 aromatic heterocycles. The van der Waals surface area contributed by atoms with E-state index in [9.17, 15) is 18.0 Å². The topological polar surface area (TPSA) is 80.8 Å². The number of nitrogens with zero attached hydrogens (tertiary/aromatic N) is 1. The minimum absolute atomic E-state index is 0.0546. The molecule has 7 heteroatoms. The Kier molecular flexibility index (Phi) is 4.38. The molecule has 0 N–H and O–H groups in total. The highest BCUT2D eigenvalue weighted by atomic mass is 32.2. The number of imide groups is 1. The lowest BCUT2D eigenvalue weighted by molar-refractivity contribution is -0.141. The quantitative estimate of drug-likeness (QED) is 0.756. The average Bonchev–Trinajstić information content (AvgIpc) is 3.08. The van der Waals surface area contributed by atoms with Crippen LogP contribution in [0.25, 0.3) is 0 Å². The van der Waals surface area contributed by atoms with E-state index in [1.165, 1.54) is 17.0 Å². The minimum Gasteiger partial charge on any atom is -0.492 e. The minimum atomic E-state index is -3.23. The second-order valence-electron chi connectivity index (χ2n) is 6.61. The number of amides is 2. The van der Waals surface area contributed by atoms with Gasteiger partial charge in [0, 0.05) is 12.7 Å². The Hall–Kier alpha value is -1.89. The van der Waals surface area contributed by atoms with Crippen molar-refractivity contribution in [1.29, 1.82) is 0 Å². The molecule has 1 heterocycles. The maximum absolute atomic E-state index is 12.5. The summed E-state index contributed by atoms with van der Waals surface area (Å²) in [6.45, 7) is 0.430. The zero-order valence-corrected chi connectivity index (χ0v) is 14.5. The van der Waals surface area contributed by atoms with E-state index in [0.29, 0.717) is 12.2 Å². The molecule has 1 saturated carbocycles. The highest BCUT2D eigenvalue weighted by molar-refractivity contribution is 7.90. The molecule has 0 unspecified atom stereocenters. The number of hydrogen-bond acceptors (Lipinski definition) is 5. The summed E-state index contributed by atoms with van der Waals surface area (Å²) in [4.78, 5) is 26.2. The molecule has 24 heavy (non-hydrogen) atoms. The molecule has 0 radical (unpaired) electrons. The number of hydrogen-bond donors (Lipinski definition) is 0. The third-order valence-electron chi connectivity index (χ3n) is 4.89. The van der Waals surface area contributed by atoms with Crippen LogP contribution in [-0.4, -0.2) is 44.5 Å². The first kappa shape index (κ1) is 17.0. The third-order valence-corrected chi connectivity index (χ3v) is 6.01. The van der Waals surface area contributed by atoms with E-state index >= 15 is 0 Å². The van der Waals surface area contributed by atoms with Gasteiger partial charge in [0.2, 0.25) is 11.8 Å². The van der Waals surface area contributed by atoms with Gasteiger partial charge in [-0.2, -0.15) is 0 Å². The summed E-state index contributed by atoms with van der Waals surface area (Å²) in [5, 5.41) is 0. The fraction of sp³-hybridized carbons (Fsp3) is 0.529. The number of carbonyl (C=O) groups is 2. The summed E-state index contributed by atoms with van der Waals surface area (Å²) in [6.07, 6.45) is 5.11. The predicted molar refractivity (Wildman–Crippen MR) is 87.3 cm³/mol. The van der Waals surface area contributed by atoms with Gasteiger partial charge in [0.05, 0.1) is 16.9 Å². The van der Waals surface area contributed by atoms with Crippen molar-refractivity contribution in [2.24, 2.45) is 5.41 Å². The summed E-state index contributed by atoms with van der Waals surface area (Å²) >= 11 is 0. The Labute approximate surface area is 141 Å². The van der Waals surface area contributed by atoms with Gasteiger partial charge in [0.15, 0.2) is 9.84 Å². The van der Waals surface area contributed by atoms with Gasteiger partial charge in [-0.25, -0.2) is 8.42 Å². The predicted octanol–water partition coefficient (Wildman–Crippen LogP) is 1.79. The molecule has 1 aliphatic carbocycles. The fourth-order valence-electron chi connectivity index (χ4n) is 3.57. The smallest absolute Gasteiger partial charge is 0.236 e. The van der Waals surface area contributed by atoms with Crippen LogP contribution >= 0.6 is 0 Å². The molecule has 0 atom stereocenters. The van der Waals surface area contributed by atoms with E-state index in [1.807, 2.05) is 0 Å². The van der Waals surface area contributed by atoms with Gasteiger partial charge in [0.25, 0.3) is 0 Å². The van der Waals surface area contributed by atoms with Gasteiger partial charge in [-0.15, -0.1) is 0 Å². The lowest BCUT2D eigenvalue weighted by atomic mass is 9.84. The molecule has 130 valence electrons. The van der Waals surface area contributed by atoms with Crippen LogP contribution in [0, 0.1) is 5.41 Å². The highest BCUT2D eigenvalue weighted by Gasteiger charge is 2.52. The third kappa shape index (κ3) is 3.17. The zero-order valence-electron chi connectivity index (χ0n) is 13.7. The van der Waals surface area contributed by atoms with E-state index in [1.54, 1.807) is 12.1 Å². The van der Waals surface area contributed by atoms with Gasteiger partial charge in [-0.1, -0.05) is 12.8 Å². The molecule has 1 aliphatic heterocycles. The number of benzene rings is 1. The average molecular weight is 351 g/mol. The van der Waals surface area contributed by atoms with Crippen molar-refractivity contribution in [1.82, 2.24) is 4.90 Å². The second-order valence-corrected chi connectivity index (χ2v) is 8.62. The molecular formula is C17H21NO5S. The molecule has 6 nitrogen and oxygen atoms in total. The van der Waals surface area contributed by atoms with Crippen LogP contribution in [0.1, 0.15) is 32.1 Å². The van der Waals surface area contributed by atoms with E-state index < -0.39 is 15.3 Å². The standard InChI is InChI=1S/C17H21NO5S/c1-24(21,22)14-6-4-13(5-7-14)23-11-10-18-15(19)12-17(16(18)20)8-2-3-9-17/h4-7H,2-3,8-12H2,1H3. The van der Waals surface area contributed by atoms with Gasteiger partial charge < -0.3 is 4.74 Å². The van der Waals surface area contributed by atoms with Crippen molar-refractivity contribution >= 4 is 21.7 Å². The molecule has 3 rings (SSSR count). The van der Waals surface area contributed by atoms with Gasteiger partial charge >= 0.3 is 0 Å². The first-order valence-corrected chi connectivity index (χ1v) is 9.99. The van der Waals surface area contributed by atoms with E-state index in [-0.39, 0.29) is 29.9 Å². The molecule has 1 spiro atoms. The Bertz CT molecular complexity index is 748. The normalized spacial score (nSPS) is 20.1. The summed E-state index contributed by atoms with van der Waals surface area (Å²) in [5.41, 5.74) is -0.450. The summed E-state index contributed by atoms with van der Waals surface area (Å²) < 4.78 is 28.4. The Balaban J connectivity index is 1.57. The fourth-order valence-corrected chi connectivity index (χ4v) is 4.20. The van der Waals surface area contributed by atoms with Gasteiger partial charge in [0.1, 0.15) is 12.4 Å². The van der Waals surface area contributed by atoms with E-state index in [0.717, 1.165) is 31.9 Å². The number of carbonyl (C=O) groups excluding carboxylic acids is 2. The Morgan fingerprint density at radius 2 is 1.75 bits per heavy atom. The van der Waals surface area contributed by atoms with Crippen LogP contribution in [0.4, 0.5) is 0 Å². The first-order valence-electron chi connectivity index (χ1n) is 8.10. The molecule has 2 amide bonds. The molecule has 1 aromatic carbocycles. The zero-order chi connectivity index (χ0) is 17.4. The lowest BCUT2D eigenvalue weighted by Gasteiger charge is -2.20. The van der Waals surface area contributed by atoms with Crippen LogP contribution in [0.5, 0.6) is 5.75 Å². The molecule has 2 aliphatic rings. The maximum atomic E-state index is 12.5. The monoisotopic (exact) mass is 351 g/mol. The summed E-state index contributed by atoms with van der Waals surface area (Å²) in [6, 6.07) is 6.10. The number of ether oxygens (including phenoxy) is 1. The highest BCUT2D eigenvalue weighted by Crippen LogP contribution is 2.46. The van der Waals surface area contributed by atoms with Crippen molar-refractivity contribution < 1.29 is 22.7 Å². The molecule has 0 bridgehead atoms. The van der Waals surface area contributed by atoms with Crippen molar-refractivity contribution in [2.75, 3.05) is 19.4 Å². The molecule has 2 fully saturated rings. The van der Waals surface area contributed by atoms with Gasteiger partial charge in [-0.3, -0.25) is 14.5 Å². The van der Waals surface area contributed by atoms with Crippen molar-refractivity contribution in [3.63, 3.8) is 0 Å². The van der Waals surface area contributed by atoms with Gasteiger partial charge in [-0.05, 0) is 37.1 Å². The maximum Gasteiger partial charge on any atom is 0.236 e. The van der Waals surface area contributed by atoms with Crippen LogP contribution in [0.15, 0.2) is 29.2 Å². The molecule has 1 aromatic rings. The summed E-state index contributed by atoms with van der Waals surface area (Å²) in [7, 11) is -3.23. The largest absolute Gasteiger partial charge is 0.492 e. The van der Waals surface area contributed by atoms with Crippen LogP contribution in [-0.2, 0) is 19.4 Å². The number of rotatable bonds is 5. The second kappa shape index (κ2) is 6.20. The molecule has 1 saturated heterocycles. The van der Waals surface area contributed by atoms with E-state index in [2.05, 4.69) is 0 Å². The summed E-state index contributed by atoms with van der Waals surface area (Å²) in [5.74, 6) is 0.344. The van der Waals surface area contributed by atoms with Crippen molar-refractivity contribution in [2.45, 2.75) is 37.0 Å². The lowest BCUT2D eigenvalue weighted by Crippen LogP contribution is -2.37. The van der Waals surface area contributed by atoms with Crippen LogP contribution < -0.4 is 4.74 Å². The molecular weight excluding hydrogens is 330 g/mol. The van der Waals surface area contributed by atoms with E-state index in [4.69, 9.17) is 4.74 Å². The number of likely N-dealkylation sites (tertiary alicyclic amines) is 1. The SMILES string of the molecule is CS(=O)(=O)c1ccc(OCCN2C(=O)CC3(CCCC3)C2=O)cc1. The van der Waals surface area contributed by atoms with Crippen molar-refractivity contribution in [3.05, 3.63) is 24.3 Å². The first-order chi connectivity index (χ1) is 11.3. The van der Waals surface area contributed by atoms with Crippen molar-refractivity contribution in [3.8, 4) is 5.75 Å². The van der Waals surface area contributed by atoms with Crippen LogP contribution in [0.3, 0.4) is 0 Å².